The minimum atomic E-state index is 0.722. The lowest BCUT2D eigenvalue weighted by molar-refractivity contribution is 0.454. The number of hydrogen-bond donors (Lipinski definition) is 1. The van der Waals surface area contributed by atoms with E-state index in [0.29, 0.717) is 0 Å². The van der Waals surface area contributed by atoms with Crippen LogP contribution in [0, 0.1) is 12.8 Å². The van der Waals surface area contributed by atoms with Gasteiger partial charge in [0.25, 0.3) is 0 Å². The number of rotatable bonds is 3. The third kappa shape index (κ3) is 2.53. The van der Waals surface area contributed by atoms with Gasteiger partial charge in [-0.15, -0.1) is 11.3 Å². The van der Waals surface area contributed by atoms with Gasteiger partial charge in [-0.2, -0.15) is 11.8 Å². The zero-order chi connectivity index (χ0) is 9.97. The largest absolute Gasteiger partial charge is 0.309 e. The SMILES string of the molecule is Cc1cc(CNC2CSCC2C)cs1. The lowest BCUT2D eigenvalue weighted by Crippen LogP contribution is -2.33. The van der Waals surface area contributed by atoms with Gasteiger partial charge in [0.2, 0.25) is 0 Å². The Hall–Kier alpha value is 0.01000. The molecule has 2 heterocycles. The summed E-state index contributed by atoms with van der Waals surface area (Å²) in [6.45, 7) is 5.55. The topological polar surface area (TPSA) is 12.0 Å². The smallest absolute Gasteiger partial charge is 0.0216 e. The number of thioether (sulfide) groups is 1. The highest BCUT2D eigenvalue weighted by molar-refractivity contribution is 7.99. The van der Waals surface area contributed by atoms with Crippen LogP contribution < -0.4 is 5.32 Å². The minimum absolute atomic E-state index is 0.722. The van der Waals surface area contributed by atoms with Crippen molar-refractivity contribution >= 4 is 23.1 Å². The van der Waals surface area contributed by atoms with Crippen LogP contribution in [0.5, 0.6) is 0 Å². The standard InChI is InChI=1S/C11H17NS2/c1-8-5-13-7-11(8)12-4-10-3-9(2)14-6-10/h3,6,8,11-12H,4-5,7H2,1-2H3. The van der Waals surface area contributed by atoms with Crippen molar-refractivity contribution in [3.8, 4) is 0 Å². The molecule has 0 bridgehead atoms. The molecule has 2 atom stereocenters. The molecule has 14 heavy (non-hydrogen) atoms. The van der Waals surface area contributed by atoms with E-state index >= 15 is 0 Å². The van der Waals surface area contributed by atoms with Gasteiger partial charge >= 0.3 is 0 Å². The molecule has 3 heteroatoms. The molecule has 0 aliphatic carbocycles. The average molecular weight is 227 g/mol. The predicted molar refractivity (Wildman–Crippen MR) is 66.2 cm³/mol. The van der Waals surface area contributed by atoms with Crippen molar-refractivity contribution < 1.29 is 0 Å². The van der Waals surface area contributed by atoms with Crippen molar-refractivity contribution in [2.24, 2.45) is 5.92 Å². The van der Waals surface area contributed by atoms with Crippen LogP contribution in [0.15, 0.2) is 11.4 Å². The van der Waals surface area contributed by atoms with Gasteiger partial charge in [-0.05, 0) is 35.6 Å². The van der Waals surface area contributed by atoms with E-state index in [1.807, 2.05) is 11.3 Å². The van der Waals surface area contributed by atoms with Crippen LogP contribution in [0.3, 0.4) is 0 Å². The number of aryl methyl sites for hydroxylation is 1. The van der Waals surface area contributed by atoms with Gasteiger partial charge in [-0.3, -0.25) is 0 Å². The molecular formula is C11H17NS2. The highest BCUT2D eigenvalue weighted by Gasteiger charge is 2.22. The Morgan fingerprint density at radius 3 is 2.93 bits per heavy atom. The highest BCUT2D eigenvalue weighted by atomic mass is 32.2. The summed E-state index contributed by atoms with van der Waals surface area (Å²) in [7, 11) is 0. The van der Waals surface area contributed by atoms with E-state index in [0.717, 1.165) is 18.5 Å². The summed E-state index contributed by atoms with van der Waals surface area (Å²) in [5.74, 6) is 3.43. The Balaban J connectivity index is 1.82. The fraction of sp³-hybridized carbons (Fsp3) is 0.636. The maximum atomic E-state index is 3.65. The van der Waals surface area contributed by atoms with Crippen molar-refractivity contribution in [1.82, 2.24) is 5.32 Å². The molecule has 1 aliphatic rings. The van der Waals surface area contributed by atoms with Crippen LogP contribution in [0.1, 0.15) is 17.4 Å². The number of nitrogens with one attached hydrogen (secondary N) is 1. The molecule has 0 radical (unpaired) electrons. The van der Waals surface area contributed by atoms with Crippen LogP contribution in [-0.2, 0) is 6.54 Å². The Bertz CT molecular complexity index is 295. The van der Waals surface area contributed by atoms with E-state index in [1.54, 1.807) is 0 Å². The summed E-state index contributed by atoms with van der Waals surface area (Å²) in [6.07, 6.45) is 0. The number of hydrogen-bond acceptors (Lipinski definition) is 3. The predicted octanol–water partition coefficient (Wildman–Crippen LogP) is 2.90. The van der Waals surface area contributed by atoms with Gasteiger partial charge in [0.05, 0.1) is 0 Å². The first kappa shape index (κ1) is 10.5. The zero-order valence-electron chi connectivity index (χ0n) is 8.75. The summed E-state index contributed by atoms with van der Waals surface area (Å²) in [4.78, 5) is 1.41. The Labute approximate surface area is 94.3 Å². The van der Waals surface area contributed by atoms with E-state index in [2.05, 4.69) is 42.4 Å². The van der Waals surface area contributed by atoms with Crippen LogP contribution in [-0.4, -0.2) is 17.5 Å². The third-order valence-electron chi connectivity index (χ3n) is 2.72. The second-order valence-corrected chi connectivity index (χ2v) is 6.26. The van der Waals surface area contributed by atoms with E-state index in [9.17, 15) is 0 Å². The quantitative estimate of drug-likeness (QED) is 0.852. The van der Waals surface area contributed by atoms with Crippen LogP contribution in [0.4, 0.5) is 0 Å². The molecule has 1 N–H and O–H groups in total. The summed E-state index contributed by atoms with van der Waals surface area (Å²) in [6, 6.07) is 3.00. The first-order valence-electron chi connectivity index (χ1n) is 5.11. The van der Waals surface area contributed by atoms with Gasteiger partial charge in [0.1, 0.15) is 0 Å². The van der Waals surface area contributed by atoms with Crippen molar-refractivity contribution in [3.63, 3.8) is 0 Å². The number of thiophene rings is 1. The van der Waals surface area contributed by atoms with Crippen molar-refractivity contribution in [2.75, 3.05) is 11.5 Å². The lowest BCUT2D eigenvalue weighted by Gasteiger charge is -2.15. The van der Waals surface area contributed by atoms with Gasteiger partial charge in [0.15, 0.2) is 0 Å². The van der Waals surface area contributed by atoms with Crippen LogP contribution in [0.25, 0.3) is 0 Å². The second-order valence-electron chi connectivity index (χ2n) is 4.07. The first-order valence-corrected chi connectivity index (χ1v) is 7.14. The molecule has 0 aromatic carbocycles. The molecule has 1 fully saturated rings. The fourth-order valence-corrected chi connectivity index (χ4v) is 3.91. The molecule has 1 aromatic rings. The van der Waals surface area contributed by atoms with E-state index in [1.165, 1.54) is 21.9 Å². The first-order chi connectivity index (χ1) is 6.75. The molecule has 1 aromatic heterocycles. The van der Waals surface area contributed by atoms with Crippen molar-refractivity contribution in [3.05, 3.63) is 21.9 Å². The molecule has 2 rings (SSSR count). The molecule has 1 saturated heterocycles. The van der Waals surface area contributed by atoms with Gasteiger partial charge in [0, 0.05) is 23.2 Å². The molecule has 0 spiro atoms. The zero-order valence-corrected chi connectivity index (χ0v) is 10.4. The van der Waals surface area contributed by atoms with Crippen molar-refractivity contribution in [1.29, 1.82) is 0 Å². The second kappa shape index (κ2) is 4.69. The van der Waals surface area contributed by atoms with Gasteiger partial charge in [-0.1, -0.05) is 6.92 Å². The summed E-state index contributed by atoms with van der Waals surface area (Å²) in [5, 5.41) is 5.91. The fourth-order valence-electron chi connectivity index (χ4n) is 1.76. The Morgan fingerprint density at radius 2 is 2.36 bits per heavy atom. The van der Waals surface area contributed by atoms with Crippen LogP contribution >= 0.6 is 23.1 Å². The van der Waals surface area contributed by atoms with E-state index in [-0.39, 0.29) is 0 Å². The molecule has 0 saturated carbocycles. The van der Waals surface area contributed by atoms with Gasteiger partial charge < -0.3 is 5.32 Å². The summed E-state index contributed by atoms with van der Waals surface area (Å²) in [5.41, 5.74) is 1.44. The van der Waals surface area contributed by atoms with Gasteiger partial charge in [-0.25, -0.2) is 0 Å². The lowest BCUT2D eigenvalue weighted by atomic mass is 10.1. The summed E-state index contributed by atoms with van der Waals surface area (Å²) >= 11 is 3.91. The monoisotopic (exact) mass is 227 g/mol. The Morgan fingerprint density at radius 1 is 1.50 bits per heavy atom. The molecular weight excluding hydrogens is 210 g/mol. The van der Waals surface area contributed by atoms with Crippen LogP contribution in [0.2, 0.25) is 0 Å². The van der Waals surface area contributed by atoms with E-state index < -0.39 is 0 Å². The maximum Gasteiger partial charge on any atom is 0.0216 e. The van der Waals surface area contributed by atoms with Crippen molar-refractivity contribution in [2.45, 2.75) is 26.4 Å². The minimum Gasteiger partial charge on any atom is -0.309 e. The Kier molecular flexibility index (Phi) is 3.52. The molecule has 1 nitrogen and oxygen atoms in total. The third-order valence-corrected chi connectivity index (χ3v) is 4.98. The average Bonchev–Trinajstić information content (AvgIpc) is 2.72. The van der Waals surface area contributed by atoms with E-state index in [4.69, 9.17) is 0 Å². The normalized spacial score (nSPS) is 27.0. The highest BCUT2D eigenvalue weighted by Crippen LogP contribution is 2.24. The molecule has 78 valence electrons. The summed E-state index contributed by atoms with van der Waals surface area (Å²) < 4.78 is 0. The maximum absolute atomic E-state index is 3.65. The molecule has 1 aliphatic heterocycles. The molecule has 2 unspecified atom stereocenters. The molecule has 0 amide bonds.